The Kier molecular flexibility index (Phi) is 7.78. The number of rotatable bonds is 9. The Morgan fingerprint density at radius 2 is 2.00 bits per heavy atom. The monoisotopic (exact) mass is 277 g/mol. The maximum absolute atomic E-state index is 9.08. The number of hydrogen-bond acceptors (Lipinski definition) is 3. The molecular formula is C17H27NO2. The fourth-order valence-corrected chi connectivity index (χ4v) is 2.25. The highest BCUT2D eigenvalue weighted by Gasteiger charge is 2.12. The molecule has 1 aromatic carbocycles. The van der Waals surface area contributed by atoms with Crippen molar-refractivity contribution in [3.05, 3.63) is 29.8 Å². The molecule has 0 saturated carbocycles. The summed E-state index contributed by atoms with van der Waals surface area (Å²) in [4.78, 5) is 0. The first-order valence-electron chi connectivity index (χ1n) is 7.69. The standard InChI is InChI=1S/C17H27NO2/c1-4-7-10-14(5-2)13-20-17-12-9-8-11-15(17)16(6-3)18-19/h8-9,11-12,14,19H,4-7,10,13H2,1-3H3. The van der Waals surface area contributed by atoms with Gasteiger partial charge in [-0.05, 0) is 30.9 Å². The molecule has 0 heterocycles. The lowest BCUT2D eigenvalue weighted by Crippen LogP contribution is -2.13. The molecule has 3 nitrogen and oxygen atoms in total. The van der Waals surface area contributed by atoms with Crippen LogP contribution in [0.5, 0.6) is 5.75 Å². The van der Waals surface area contributed by atoms with E-state index in [0.29, 0.717) is 18.1 Å². The number of ether oxygens (including phenoxy) is 1. The van der Waals surface area contributed by atoms with Gasteiger partial charge in [0.15, 0.2) is 0 Å². The summed E-state index contributed by atoms with van der Waals surface area (Å²) in [5.41, 5.74) is 1.56. The van der Waals surface area contributed by atoms with E-state index < -0.39 is 0 Å². The van der Waals surface area contributed by atoms with Crippen molar-refractivity contribution >= 4 is 5.71 Å². The van der Waals surface area contributed by atoms with E-state index in [9.17, 15) is 0 Å². The van der Waals surface area contributed by atoms with E-state index in [2.05, 4.69) is 19.0 Å². The van der Waals surface area contributed by atoms with Crippen LogP contribution in [0.3, 0.4) is 0 Å². The van der Waals surface area contributed by atoms with Crippen LogP contribution < -0.4 is 4.74 Å². The van der Waals surface area contributed by atoms with E-state index >= 15 is 0 Å². The van der Waals surface area contributed by atoms with Crippen LogP contribution in [0.4, 0.5) is 0 Å². The van der Waals surface area contributed by atoms with Gasteiger partial charge in [-0.2, -0.15) is 0 Å². The summed E-state index contributed by atoms with van der Waals surface area (Å²) in [5, 5.41) is 12.4. The molecule has 1 atom stereocenters. The van der Waals surface area contributed by atoms with Gasteiger partial charge in [-0.3, -0.25) is 0 Å². The Labute approximate surface area is 122 Å². The van der Waals surface area contributed by atoms with Crippen molar-refractivity contribution in [1.82, 2.24) is 0 Å². The van der Waals surface area contributed by atoms with Crippen molar-refractivity contribution < 1.29 is 9.94 Å². The normalized spacial score (nSPS) is 13.2. The van der Waals surface area contributed by atoms with Crippen LogP contribution in [-0.2, 0) is 0 Å². The summed E-state index contributed by atoms with van der Waals surface area (Å²) in [6, 6.07) is 7.79. The minimum atomic E-state index is 0.596. The quantitative estimate of drug-likeness (QED) is 0.397. The molecule has 0 spiro atoms. The molecule has 1 rings (SSSR count). The Balaban J connectivity index is 2.72. The molecule has 0 aromatic heterocycles. The number of para-hydroxylation sites is 1. The molecule has 20 heavy (non-hydrogen) atoms. The van der Waals surface area contributed by atoms with E-state index in [-0.39, 0.29) is 0 Å². The van der Waals surface area contributed by atoms with Gasteiger partial charge in [-0.1, -0.05) is 57.3 Å². The number of oxime groups is 1. The molecule has 0 aliphatic carbocycles. The van der Waals surface area contributed by atoms with Gasteiger partial charge in [-0.15, -0.1) is 0 Å². The maximum atomic E-state index is 9.08. The van der Waals surface area contributed by atoms with Crippen LogP contribution in [0.25, 0.3) is 0 Å². The lowest BCUT2D eigenvalue weighted by molar-refractivity contribution is 0.232. The average molecular weight is 277 g/mol. The summed E-state index contributed by atoms with van der Waals surface area (Å²) < 4.78 is 5.98. The molecular weight excluding hydrogens is 250 g/mol. The van der Waals surface area contributed by atoms with Gasteiger partial charge in [0, 0.05) is 5.56 Å². The molecule has 112 valence electrons. The van der Waals surface area contributed by atoms with Gasteiger partial charge in [-0.25, -0.2) is 0 Å². The zero-order chi connectivity index (χ0) is 14.8. The van der Waals surface area contributed by atoms with E-state index in [0.717, 1.165) is 24.3 Å². The lowest BCUT2D eigenvalue weighted by atomic mass is 10.0. The second-order valence-corrected chi connectivity index (χ2v) is 5.12. The molecule has 0 fully saturated rings. The number of nitrogens with zero attached hydrogens (tertiary/aromatic N) is 1. The van der Waals surface area contributed by atoms with Gasteiger partial charge < -0.3 is 9.94 Å². The molecule has 3 heteroatoms. The lowest BCUT2D eigenvalue weighted by Gasteiger charge is -2.17. The minimum absolute atomic E-state index is 0.596. The third kappa shape index (κ3) is 4.87. The van der Waals surface area contributed by atoms with Gasteiger partial charge in [0.1, 0.15) is 5.75 Å². The smallest absolute Gasteiger partial charge is 0.128 e. The van der Waals surface area contributed by atoms with Crippen LogP contribution in [0, 0.1) is 5.92 Å². The first-order chi connectivity index (χ1) is 9.76. The van der Waals surface area contributed by atoms with Crippen LogP contribution >= 0.6 is 0 Å². The Bertz CT molecular complexity index is 415. The fraction of sp³-hybridized carbons (Fsp3) is 0.588. The van der Waals surface area contributed by atoms with Crippen LogP contribution in [-0.4, -0.2) is 17.5 Å². The van der Waals surface area contributed by atoms with Gasteiger partial charge in [0.2, 0.25) is 0 Å². The molecule has 1 N–H and O–H groups in total. The van der Waals surface area contributed by atoms with E-state index in [4.69, 9.17) is 9.94 Å². The molecule has 1 aromatic rings. The molecule has 0 radical (unpaired) electrons. The largest absolute Gasteiger partial charge is 0.493 e. The highest BCUT2D eigenvalue weighted by molar-refractivity contribution is 6.02. The summed E-state index contributed by atoms with van der Waals surface area (Å²) in [7, 11) is 0. The van der Waals surface area contributed by atoms with Gasteiger partial charge in [0.25, 0.3) is 0 Å². The second-order valence-electron chi connectivity index (χ2n) is 5.12. The Hall–Kier alpha value is -1.51. The van der Waals surface area contributed by atoms with Crippen molar-refractivity contribution in [3.63, 3.8) is 0 Å². The summed E-state index contributed by atoms with van der Waals surface area (Å²) in [6.45, 7) is 7.13. The third-order valence-corrected chi connectivity index (χ3v) is 3.67. The van der Waals surface area contributed by atoms with Crippen LogP contribution in [0.1, 0.15) is 58.4 Å². The zero-order valence-corrected chi connectivity index (χ0v) is 12.9. The Morgan fingerprint density at radius 1 is 1.25 bits per heavy atom. The van der Waals surface area contributed by atoms with Crippen LogP contribution in [0.2, 0.25) is 0 Å². The van der Waals surface area contributed by atoms with Crippen molar-refractivity contribution in [3.8, 4) is 5.75 Å². The topological polar surface area (TPSA) is 41.8 Å². The predicted octanol–water partition coefficient (Wildman–Crippen LogP) is 4.87. The predicted molar refractivity (Wildman–Crippen MR) is 83.9 cm³/mol. The van der Waals surface area contributed by atoms with Gasteiger partial charge >= 0.3 is 0 Å². The molecule has 0 aliphatic heterocycles. The number of benzene rings is 1. The average Bonchev–Trinajstić information content (AvgIpc) is 2.50. The minimum Gasteiger partial charge on any atom is -0.493 e. The first-order valence-corrected chi connectivity index (χ1v) is 7.69. The highest BCUT2D eigenvalue weighted by Crippen LogP contribution is 2.22. The van der Waals surface area contributed by atoms with Crippen molar-refractivity contribution in [2.45, 2.75) is 52.9 Å². The first kappa shape index (κ1) is 16.5. The van der Waals surface area contributed by atoms with Crippen molar-refractivity contribution in [1.29, 1.82) is 0 Å². The molecule has 0 saturated heterocycles. The Morgan fingerprint density at radius 3 is 2.60 bits per heavy atom. The summed E-state index contributed by atoms with van der Waals surface area (Å²) in [5.74, 6) is 1.41. The molecule has 0 bridgehead atoms. The molecule has 1 unspecified atom stereocenters. The zero-order valence-electron chi connectivity index (χ0n) is 12.9. The molecule has 0 amide bonds. The SMILES string of the molecule is CCCCC(CC)COc1ccccc1C(CC)=NO. The maximum Gasteiger partial charge on any atom is 0.128 e. The van der Waals surface area contributed by atoms with Gasteiger partial charge in [0.05, 0.1) is 12.3 Å². The number of hydrogen-bond donors (Lipinski definition) is 1. The van der Waals surface area contributed by atoms with Crippen molar-refractivity contribution in [2.24, 2.45) is 11.1 Å². The van der Waals surface area contributed by atoms with E-state index in [1.54, 1.807) is 0 Å². The third-order valence-electron chi connectivity index (χ3n) is 3.67. The second kappa shape index (κ2) is 9.40. The van der Waals surface area contributed by atoms with Crippen molar-refractivity contribution in [2.75, 3.05) is 6.61 Å². The van der Waals surface area contributed by atoms with Crippen LogP contribution in [0.15, 0.2) is 29.4 Å². The molecule has 0 aliphatic rings. The summed E-state index contributed by atoms with van der Waals surface area (Å²) in [6.07, 6.45) is 5.51. The number of unbranched alkanes of at least 4 members (excludes halogenated alkanes) is 1. The summed E-state index contributed by atoms with van der Waals surface area (Å²) >= 11 is 0. The fourth-order valence-electron chi connectivity index (χ4n) is 2.25. The van der Waals surface area contributed by atoms with E-state index in [1.807, 2.05) is 31.2 Å². The highest BCUT2D eigenvalue weighted by atomic mass is 16.5. The van der Waals surface area contributed by atoms with E-state index in [1.165, 1.54) is 19.3 Å².